The monoisotopic (exact) mass is 180 g/mol. The van der Waals surface area contributed by atoms with E-state index in [-0.39, 0.29) is 11.8 Å². The highest BCUT2D eigenvalue weighted by atomic mass is 16.4. The van der Waals surface area contributed by atoms with Gasteiger partial charge in [0.25, 0.3) is 0 Å². The molecule has 4 nitrogen and oxygen atoms in total. The number of hydrogen-bond donors (Lipinski definition) is 1. The van der Waals surface area contributed by atoms with Crippen LogP contribution in [0.3, 0.4) is 0 Å². The summed E-state index contributed by atoms with van der Waals surface area (Å²) in [5, 5.41) is 12.9. The minimum absolute atomic E-state index is 0.186. The van der Waals surface area contributed by atoms with Crippen molar-refractivity contribution in [1.29, 1.82) is 0 Å². The van der Waals surface area contributed by atoms with E-state index in [0.29, 0.717) is 0 Å². The first-order valence-corrected chi connectivity index (χ1v) is 4.40. The normalized spacial score (nSPS) is 26.8. The van der Waals surface area contributed by atoms with Crippen molar-refractivity contribution in [3.63, 3.8) is 0 Å². The van der Waals surface area contributed by atoms with Gasteiger partial charge in [-0.3, -0.25) is 9.48 Å². The molecule has 0 bridgehead atoms. The molecular formula is C9H12N2O2. The lowest BCUT2D eigenvalue weighted by molar-refractivity contribution is -0.145. The molecule has 1 heterocycles. The van der Waals surface area contributed by atoms with E-state index in [1.54, 1.807) is 10.9 Å². The molecule has 1 aromatic rings. The first-order valence-electron chi connectivity index (χ1n) is 4.40. The maximum absolute atomic E-state index is 10.7. The molecular weight excluding hydrogens is 168 g/mol. The Labute approximate surface area is 76.2 Å². The topological polar surface area (TPSA) is 55.1 Å². The molecule has 2 rings (SSSR count). The Hall–Kier alpha value is -1.32. The van der Waals surface area contributed by atoms with Crippen LogP contribution >= 0.6 is 0 Å². The van der Waals surface area contributed by atoms with E-state index in [1.807, 2.05) is 13.2 Å². The standard InChI is InChI=1S/C9H12N2O2/c1-11-5-6(4-10-11)7-2-3-8(7)9(12)13/h4-5,7-8H,2-3H2,1H3,(H,12,13). The van der Waals surface area contributed by atoms with Crippen molar-refractivity contribution in [3.05, 3.63) is 18.0 Å². The summed E-state index contributed by atoms with van der Waals surface area (Å²) in [6, 6.07) is 0. The predicted octanol–water partition coefficient (Wildman–Crippen LogP) is 0.998. The highest BCUT2D eigenvalue weighted by Crippen LogP contribution is 2.42. The predicted molar refractivity (Wildman–Crippen MR) is 46.3 cm³/mol. The van der Waals surface area contributed by atoms with Crippen LogP contribution in [0.25, 0.3) is 0 Å². The minimum Gasteiger partial charge on any atom is -0.481 e. The Balaban J connectivity index is 2.14. The van der Waals surface area contributed by atoms with Gasteiger partial charge in [-0.2, -0.15) is 5.10 Å². The lowest BCUT2D eigenvalue weighted by Gasteiger charge is -2.32. The average Bonchev–Trinajstić information content (AvgIpc) is 2.32. The van der Waals surface area contributed by atoms with Gasteiger partial charge in [0.05, 0.1) is 12.1 Å². The van der Waals surface area contributed by atoms with Crippen molar-refractivity contribution >= 4 is 5.97 Å². The molecule has 1 N–H and O–H groups in total. The number of aryl methyl sites for hydroxylation is 1. The van der Waals surface area contributed by atoms with Crippen LogP contribution in [-0.4, -0.2) is 20.9 Å². The van der Waals surface area contributed by atoms with Gasteiger partial charge in [0.1, 0.15) is 0 Å². The van der Waals surface area contributed by atoms with Gasteiger partial charge in [-0.25, -0.2) is 0 Å². The molecule has 1 fully saturated rings. The van der Waals surface area contributed by atoms with Crippen molar-refractivity contribution in [2.45, 2.75) is 18.8 Å². The van der Waals surface area contributed by atoms with Crippen molar-refractivity contribution in [2.24, 2.45) is 13.0 Å². The Morgan fingerprint density at radius 2 is 2.46 bits per heavy atom. The van der Waals surface area contributed by atoms with Crippen LogP contribution in [0.1, 0.15) is 24.3 Å². The fraction of sp³-hybridized carbons (Fsp3) is 0.556. The molecule has 1 aliphatic carbocycles. The van der Waals surface area contributed by atoms with E-state index in [1.165, 1.54) is 0 Å². The second kappa shape index (κ2) is 2.87. The second-order valence-corrected chi connectivity index (χ2v) is 3.58. The van der Waals surface area contributed by atoms with Crippen molar-refractivity contribution in [3.8, 4) is 0 Å². The van der Waals surface area contributed by atoms with Gasteiger partial charge < -0.3 is 5.11 Å². The summed E-state index contributed by atoms with van der Waals surface area (Å²) in [6.45, 7) is 0. The summed E-state index contributed by atoms with van der Waals surface area (Å²) in [7, 11) is 1.85. The molecule has 0 saturated heterocycles. The molecule has 2 atom stereocenters. The number of rotatable bonds is 2. The molecule has 13 heavy (non-hydrogen) atoms. The smallest absolute Gasteiger partial charge is 0.307 e. The van der Waals surface area contributed by atoms with Crippen molar-refractivity contribution < 1.29 is 9.90 Å². The zero-order valence-electron chi connectivity index (χ0n) is 7.47. The van der Waals surface area contributed by atoms with Gasteiger partial charge in [0, 0.05) is 19.2 Å². The lowest BCUT2D eigenvalue weighted by Crippen LogP contribution is -2.30. The van der Waals surface area contributed by atoms with E-state index < -0.39 is 5.97 Å². The fourth-order valence-electron chi connectivity index (χ4n) is 1.83. The van der Waals surface area contributed by atoms with Gasteiger partial charge in [-0.15, -0.1) is 0 Å². The van der Waals surface area contributed by atoms with Crippen molar-refractivity contribution in [2.75, 3.05) is 0 Å². The van der Waals surface area contributed by atoms with Gasteiger partial charge >= 0.3 is 5.97 Å². The summed E-state index contributed by atoms with van der Waals surface area (Å²) in [5.41, 5.74) is 1.06. The number of carboxylic acid groups (broad SMARTS) is 1. The number of carboxylic acids is 1. The van der Waals surface area contributed by atoms with E-state index in [4.69, 9.17) is 5.11 Å². The summed E-state index contributed by atoms with van der Waals surface area (Å²) < 4.78 is 1.71. The number of nitrogens with zero attached hydrogens (tertiary/aromatic N) is 2. The SMILES string of the molecule is Cn1cc(C2CCC2C(=O)O)cn1. The molecule has 0 aromatic carbocycles. The van der Waals surface area contributed by atoms with Gasteiger partial charge in [0.15, 0.2) is 0 Å². The molecule has 70 valence electrons. The van der Waals surface area contributed by atoms with Crippen LogP contribution in [0, 0.1) is 5.92 Å². The highest BCUT2D eigenvalue weighted by molar-refractivity contribution is 5.72. The van der Waals surface area contributed by atoms with Gasteiger partial charge in [-0.1, -0.05) is 0 Å². The number of aromatic nitrogens is 2. The maximum atomic E-state index is 10.7. The molecule has 1 saturated carbocycles. The molecule has 4 heteroatoms. The molecule has 0 amide bonds. The van der Waals surface area contributed by atoms with E-state index in [2.05, 4.69) is 5.10 Å². The van der Waals surface area contributed by atoms with Crippen LogP contribution in [-0.2, 0) is 11.8 Å². The fourth-order valence-corrected chi connectivity index (χ4v) is 1.83. The van der Waals surface area contributed by atoms with E-state index in [9.17, 15) is 4.79 Å². The number of hydrogen-bond acceptors (Lipinski definition) is 2. The maximum Gasteiger partial charge on any atom is 0.307 e. The van der Waals surface area contributed by atoms with Crippen molar-refractivity contribution in [1.82, 2.24) is 9.78 Å². The van der Waals surface area contributed by atoms with Crippen LogP contribution in [0.5, 0.6) is 0 Å². The third kappa shape index (κ3) is 1.32. The summed E-state index contributed by atoms with van der Waals surface area (Å²) in [4.78, 5) is 10.7. The van der Waals surface area contributed by atoms with Gasteiger partial charge in [-0.05, 0) is 18.4 Å². The van der Waals surface area contributed by atoms with Crippen LogP contribution < -0.4 is 0 Å². The molecule has 0 radical (unpaired) electrons. The zero-order valence-corrected chi connectivity index (χ0v) is 7.47. The largest absolute Gasteiger partial charge is 0.481 e. The molecule has 1 aromatic heterocycles. The molecule has 0 aliphatic heterocycles. The third-order valence-electron chi connectivity index (χ3n) is 2.74. The average molecular weight is 180 g/mol. The summed E-state index contributed by atoms with van der Waals surface area (Å²) in [5.74, 6) is -0.685. The quantitative estimate of drug-likeness (QED) is 0.738. The highest BCUT2D eigenvalue weighted by Gasteiger charge is 2.37. The Kier molecular flexibility index (Phi) is 1.83. The lowest BCUT2D eigenvalue weighted by atomic mass is 9.71. The first-order chi connectivity index (χ1) is 6.18. The second-order valence-electron chi connectivity index (χ2n) is 3.58. The summed E-state index contributed by atoms with van der Waals surface area (Å²) in [6.07, 6.45) is 5.44. The first kappa shape index (κ1) is 8.29. The molecule has 2 unspecified atom stereocenters. The van der Waals surface area contributed by atoms with Gasteiger partial charge in [0.2, 0.25) is 0 Å². The Morgan fingerprint density at radius 1 is 1.69 bits per heavy atom. The van der Waals surface area contributed by atoms with E-state index in [0.717, 1.165) is 18.4 Å². The number of carbonyl (C=O) groups is 1. The molecule has 1 aliphatic rings. The Morgan fingerprint density at radius 3 is 2.85 bits per heavy atom. The van der Waals surface area contributed by atoms with Crippen LogP contribution in [0.4, 0.5) is 0 Å². The van der Waals surface area contributed by atoms with Crippen LogP contribution in [0.15, 0.2) is 12.4 Å². The van der Waals surface area contributed by atoms with Crippen LogP contribution in [0.2, 0.25) is 0 Å². The van der Waals surface area contributed by atoms with E-state index >= 15 is 0 Å². The minimum atomic E-state index is -0.680. The zero-order chi connectivity index (χ0) is 9.42. The third-order valence-corrected chi connectivity index (χ3v) is 2.74. The summed E-state index contributed by atoms with van der Waals surface area (Å²) >= 11 is 0. The Bertz CT molecular complexity index is 332. The number of aliphatic carboxylic acids is 1. The molecule has 0 spiro atoms.